The van der Waals surface area contributed by atoms with Crippen LogP contribution in [0.25, 0.3) is 0 Å². The first-order valence-electron chi connectivity index (χ1n) is 10.3. The predicted octanol–water partition coefficient (Wildman–Crippen LogP) is 6.68. The topological polar surface area (TPSA) is 43.4 Å². The van der Waals surface area contributed by atoms with Crippen LogP contribution >= 0.6 is 11.8 Å². The highest BCUT2D eigenvalue weighted by molar-refractivity contribution is 8.14. The van der Waals surface area contributed by atoms with Crippen molar-refractivity contribution in [2.24, 2.45) is 0 Å². The molecule has 0 saturated carbocycles. The maximum Gasteiger partial charge on any atom is 0.305 e. The van der Waals surface area contributed by atoms with E-state index in [-0.39, 0.29) is 11.1 Å². The molecule has 0 spiro atoms. The van der Waals surface area contributed by atoms with Crippen LogP contribution in [0.4, 0.5) is 0 Å². The number of thioether (sulfide) groups is 1. The van der Waals surface area contributed by atoms with Gasteiger partial charge >= 0.3 is 5.97 Å². The molecule has 0 aliphatic heterocycles. The second kappa shape index (κ2) is 18.3. The fourth-order valence-corrected chi connectivity index (χ4v) is 4.14. The molecule has 25 heavy (non-hydrogen) atoms. The molecule has 0 fully saturated rings. The summed E-state index contributed by atoms with van der Waals surface area (Å²) in [4.78, 5) is 22.5. The van der Waals surface area contributed by atoms with Gasteiger partial charge in [-0.3, -0.25) is 9.59 Å². The Morgan fingerprint density at radius 2 is 1.28 bits per heavy atom. The predicted molar refractivity (Wildman–Crippen MR) is 109 cm³/mol. The number of hydrogen-bond donors (Lipinski definition) is 0. The molecule has 3 nitrogen and oxygen atoms in total. The van der Waals surface area contributed by atoms with Gasteiger partial charge in [-0.2, -0.15) is 0 Å². The molecular formula is C21H40O3S. The fraction of sp³-hybridized carbons (Fsp3) is 0.905. The molecule has 0 aromatic heterocycles. The summed E-state index contributed by atoms with van der Waals surface area (Å²) in [5.41, 5.74) is 0. The van der Waals surface area contributed by atoms with Crippen molar-refractivity contribution in [2.75, 3.05) is 7.11 Å². The van der Waals surface area contributed by atoms with E-state index in [1.54, 1.807) is 18.7 Å². The zero-order chi connectivity index (χ0) is 18.8. The molecule has 0 aliphatic rings. The van der Waals surface area contributed by atoms with E-state index in [2.05, 4.69) is 11.7 Å². The van der Waals surface area contributed by atoms with Crippen LogP contribution in [0.3, 0.4) is 0 Å². The Balaban J connectivity index is 3.67. The first-order valence-corrected chi connectivity index (χ1v) is 11.2. The zero-order valence-electron chi connectivity index (χ0n) is 16.8. The van der Waals surface area contributed by atoms with Gasteiger partial charge in [0.15, 0.2) is 5.12 Å². The molecule has 148 valence electrons. The maximum absolute atomic E-state index is 11.4. The monoisotopic (exact) mass is 372 g/mol. The molecule has 4 heteroatoms. The maximum atomic E-state index is 11.4. The van der Waals surface area contributed by atoms with Crippen LogP contribution in [0.15, 0.2) is 0 Å². The highest BCUT2D eigenvalue weighted by Crippen LogP contribution is 2.25. The number of unbranched alkanes of at least 4 members (excludes halogenated alkanes) is 10. The van der Waals surface area contributed by atoms with Gasteiger partial charge in [-0.15, -0.1) is 0 Å². The van der Waals surface area contributed by atoms with E-state index < -0.39 is 0 Å². The van der Waals surface area contributed by atoms with Crippen molar-refractivity contribution >= 4 is 22.8 Å². The van der Waals surface area contributed by atoms with Crippen molar-refractivity contribution < 1.29 is 14.3 Å². The first kappa shape index (κ1) is 24.5. The normalized spacial score (nSPS) is 12.1. The molecule has 0 aliphatic carbocycles. The van der Waals surface area contributed by atoms with Crippen LogP contribution in [0.1, 0.15) is 110 Å². The number of rotatable bonds is 17. The van der Waals surface area contributed by atoms with E-state index >= 15 is 0 Å². The molecule has 0 bridgehead atoms. The van der Waals surface area contributed by atoms with E-state index in [0.717, 1.165) is 19.3 Å². The zero-order valence-corrected chi connectivity index (χ0v) is 17.6. The van der Waals surface area contributed by atoms with Crippen molar-refractivity contribution in [1.29, 1.82) is 0 Å². The summed E-state index contributed by atoms with van der Waals surface area (Å²) in [5.74, 6) is -0.104. The minimum atomic E-state index is -0.104. The highest BCUT2D eigenvalue weighted by Gasteiger charge is 2.11. The number of methoxy groups -OCH3 is 1. The lowest BCUT2D eigenvalue weighted by Gasteiger charge is -2.14. The van der Waals surface area contributed by atoms with Gasteiger partial charge < -0.3 is 4.74 Å². The van der Waals surface area contributed by atoms with Gasteiger partial charge in [0.2, 0.25) is 0 Å². The van der Waals surface area contributed by atoms with Crippen molar-refractivity contribution in [1.82, 2.24) is 0 Å². The Kier molecular flexibility index (Phi) is 17.9. The van der Waals surface area contributed by atoms with Crippen LogP contribution < -0.4 is 0 Å². The second-order valence-corrected chi connectivity index (χ2v) is 8.50. The molecular weight excluding hydrogens is 332 g/mol. The lowest BCUT2D eigenvalue weighted by Crippen LogP contribution is -2.06. The fourth-order valence-electron chi connectivity index (χ4n) is 3.10. The van der Waals surface area contributed by atoms with Crippen LogP contribution in [-0.4, -0.2) is 23.4 Å². The third-order valence-electron chi connectivity index (χ3n) is 4.60. The number of esters is 1. The average molecular weight is 373 g/mol. The third kappa shape index (κ3) is 18.1. The summed E-state index contributed by atoms with van der Waals surface area (Å²) in [6, 6.07) is 0. The highest BCUT2D eigenvalue weighted by atomic mass is 32.2. The summed E-state index contributed by atoms with van der Waals surface area (Å²) < 4.78 is 4.65. The minimum Gasteiger partial charge on any atom is -0.469 e. The number of ether oxygens (including phenoxy) is 1. The van der Waals surface area contributed by atoms with Gasteiger partial charge in [-0.05, 0) is 19.3 Å². The summed E-state index contributed by atoms with van der Waals surface area (Å²) in [7, 11) is 1.44. The van der Waals surface area contributed by atoms with E-state index in [1.807, 2.05) is 0 Å². The average Bonchev–Trinajstić information content (AvgIpc) is 2.59. The van der Waals surface area contributed by atoms with Gasteiger partial charge in [0, 0.05) is 18.6 Å². The number of carbonyl (C=O) groups is 2. The van der Waals surface area contributed by atoms with Gasteiger partial charge in [0.25, 0.3) is 0 Å². The summed E-state index contributed by atoms with van der Waals surface area (Å²) in [5, 5.41) is 0.759. The SMILES string of the molecule is CCCCCCCCCC(CCCCCCCC(=O)OC)SC(C)=O. The lowest BCUT2D eigenvalue weighted by molar-refractivity contribution is -0.140. The van der Waals surface area contributed by atoms with Crippen molar-refractivity contribution in [3.8, 4) is 0 Å². The molecule has 0 saturated heterocycles. The number of hydrogen-bond acceptors (Lipinski definition) is 4. The van der Waals surface area contributed by atoms with E-state index in [0.29, 0.717) is 11.7 Å². The molecule has 0 amide bonds. The Labute approximate surface area is 160 Å². The second-order valence-electron chi connectivity index (χ2n) is 7.02. The van der Waals surface area contributed by atoms with Gasteiger partial charge in [0.05, 0.1) is 7.11 Å². The van der Waals surface area contributed by atoms with Gasteiger partial charge in [-0.1, -0.05) is 89.3 Å². The molecule has 0 N–H and O–H groups in total. The standard InChI is InChI=1S/C21H40O3S/c1-4-5-6-7-8-10-13-16-20(25-19(2)22)17-14-11-9-12-15-18-21(23)24-3/h20H,4-18H2,1-3H3. The van der Waals surface area contributed by atoms with E-state index in [1.165, 1.54) is 77.7 Å². The Morgan fingerprint density at radius 1 is 0.800 bits per heavy atom. The molecule has 1 unspecified atom stereocenters. The Bertz CT molecular complexity index is 331. The smallest absolute Gasteiger partial charge is 0.305 e. The molecule has 0 aromatic carbocycles. The van der Waals surface area contributed by atoms with Crippen molar-refractivity contribution in [2.45, 2.75) is 115 Å². The lowest BCUT2D eigenvalue weighted by atomic mass is 10.0. The number of carbonyl (C=O) groups excluding carboxylic acids is 2. The molecule has 0 rings (SSSR count). The summed E-state index contributed by atoms with van der Waals surface area (Å²) in [6.07, 6.45) is 17.8. The van der Waals surface area contributed by atoms with E-state index in [4.69, 9.17) is 0 Å². The largest absolute Gasteiger partial charge is 0.469 e. The molecule has 0 heterocycles. The first-order chi connectivity index (χ1) is 12.1. The van der Waals surface area contributed by atoms with E-state index in [9.17, 15) is 9.59 Å². The van der Waals surface area contributed by atoms with Crippen molar-refractivity contribution in [3.63, 3.8) is 0 Å². The summed E-state index contributed by atoms with van der Waals surface area (Å²) in [6.45, 7) is 3.94. The van der Waals surface area contributed by atoms with Crippen LogP contribution in [0, 0.1) is 0 Å². The quantitative estimate of drug-likeness (QED) is 0.211. The minimum absolute atomic E-state index is 0.104. The summed E-state index contributed by atoms with van der Waals surface area (Å²) >= 11 is 1.55. The van der Waals surface area contributed by atoms with Crippen LogP contribution in [0.2, 0.25) is 0 Å². The van der Waals surface area contributed by atoms with Crippen LogP contribution in [-0.2, 0) is 14.3 Å². The molecule has 1 atom stereocenters. The van der Waals surface area contributed by atoms with Crippen molar-refractivity contribution in [3.05, 3.63) is 0 Å². The van der Waals surface area contributed by atoms with Crippen LogP contribution in [0.5, 0.6) is 0 Å². The third-order valence-corrected chi connectivity index (χ3v) is 5.73. The Hall–Kier alpha value is -0.510. The molecule has 0 radical (unpaired) electrons. The van der Waals surface area contributed by atoms with Gasteiger partial charge in [0.1, 0.15) is 0 Å². The van der Waals surface area contributed by atoms with Gasteiger partial charge in [-0.25, -0.2) is 0 Å². The molecule has 0 aromatic rings. The Morgan fingerprint density at radius 3 is 1.76 bits per heavy atom.